The van der Waals surface area contributed by atoms with Gasteiger partial charge in [0.2, 0.25) is 0 Å². The Kier molecular flexibility index (Phi) is 4.87. The summed E-state index contributed by atoms with van der Waals surface area (Å²) in [6.45, 7) is 13.1. The molecular weight excluding hydrogens is 246 g/mol. The molecule has 1 fully saturated rings. The van der Waals surface area contributed by atoms with E-state index in [2.05, 4.69) is 64.2 Å². The van der Waals surface area contributed by atoms with Crippen molar-refractivity contribution in [3.8, 4) is 0 Å². The van der Waals surface area contributed by atoms with Gasteiger partial charge in [-0.1, -0.05) is 58.9 Å². The van der Waals surface area contributed by atoms with Gasteiger partial charge in [0.1, 0.15) is 0 Å². The van der Waals surface area contributed by atoms with Crippen LogP contribution in [0.5, 0.6) is 0 Å². The first-order chi connectivity index (χ1) is 9.38. The van der Waals surface area contributed by atoms with Crippen LogP contribution in [0, 0.1) is 5.41 Å². The summed E-state index contributed by atoms with van der Waals surface area (Å²) in [6.07, 6.45) is 1.27. The minimum absolute atomic E-state index is 0.184. The molecule has 0 bridgehead atoms. The monoisotopic (exact) mass is 275 g/mol. The third kappa shape index (κ3) is 3.83. The van der Waals surface area contributed by atoms with Gasteiger partial charge >= 0.3 is 0 Å². The van der Waals surface area contributed by atoms with E-state index < -0.39 is 0 Å². The summed E-state index contributed by atoms with van der Waals surface area (Å²) >= 11 is 0. The van der Waals surface area contributed by atoms with E-state index in [0.717, 1.165) is 19.6 Å². The van der Waals surface area contributed by atoms with Gasteiger partial charge in [0.25, 0.3) is 0 Å². The third-order valence-corrected chi connectivity index (χ3v) is 4.30. The van der Waals surface area contributed by atoms with Crippen molar-refractivity contribution in [2.45, 2.75) is 59.1 Å². The summed E-state index contributed by atoms with van der Waals surface area (Å²) in [5.41, 5.74) is 2.97. The molecule has 1 aromatic carbocycles. The molecule has 0 spiro atoms. The second-order valence-corrected chi connectivity index (χ2v) is 7.30. The molecule has 1 aliphatic rings. The minimum atomic E-state index is 0.184. The standard InChI is InChI=1S/C18H29NO/c1-13(2)14-6-8-15(9-7-14)16-12-19-17(10-11-20-16)18(3,4)5/h6-9,13,16-17,19H,10-12H2,1-5H3. The van der Waals surface area contributed by atoms with Crippen molar-refractivity contribution < 1.29 is 4.74 Å². The Morgan fingerprint density at radius 1 is 1.15 bits per heavy atom. The molecule has 1 aliphatic heterocycles. The first-order valence-electron chi connectivity index (χ1n) is 7.83. The van der Waals surface area contributed by atoms with Crippen LogP contribution in [-0.2, 0) is 4.74 Å². The zero-order chi connectivity index (χ0) is 14.8. The van der Waals surface area contributed by atoms with Gasteiger partial charge in [0.15, 0.2) is 0 Å². The topological polar surface area (TPSA) is 21.3 Å². The summed E-state index contributed by atoms with van der Waals surface area (Å²) in [5.74, 6) is 0.586. The summed E-state index contributed by atoms with van der Waals surface area (Å²) in [6, 6.07) is 9.44. The lowest BCUT2D eigenvalue weighted by atomic mass is 9.85. The van der Waals surface area contributed by atoms with Crippen LogP contribution < -0.4 is 5.32 Å². The van der Waals surface area contributed by atoms with Crippen LogP contribution in [0.4, 0.5) is 0 Å². The Morgan fingerprint density at radius 2 is 1.80 bits per heavy atom. The van der Waals surface area contributed by atoms with E-state index in [1.165, 1.54) is 11.1 Å². The lowest BCUT2D eigenvalue weighted by molar-refractivity contribution is 0.0653. The fourth-order valence-corrected chi connectivity index (χ4v) is 2.79. The lowest BCUT2D eigenvalue weighted by Gasteiger charge is -2.30. The van der Waals surface area contributed by atoms with Gasteiger partial charge in [-0.05, 0) is 28.9 Å². The van der Waals surface area contributed by atoms with E-state index in [1.807, 2.05) is 0 Å². The Bertz CT molecular complexity index is 416. The zero-order valence-electron chi connectivity index (χ0n) is 13.6. The van der Waals surface area contributed by atoms with Gasteiger partial charge in [-0.25, -0.2) is 0 Å². The molecule has 0 radical (unpaired) electrons. The van der Waals surface area contributed by atoms with Crippen molar-refractivity contribution in [2.24, 2.45) is 5.41 Å². The van der Waals surface area contributed by atoms with Crippen LogP contribution in [0.2, 0.25) is 0 Å². The maximum atomic E-state index is 6.05. The summed E-state index contributed by atoms with van der Waals surface area (Å²) in [4.78, 5) is 0. The van der Waals surface area contributed by atoms with Gasteiger partial charge in [-0.15, -0.1) is 0 Å². The zero-order valence-corrected chi connectivity index (χ0v) is 13.6. The highest BCUT2D eigenvalue weighted by atomic mass is 16.5. The second kappa shape index (κ2) is 6.28. The molecule has 20 heavy (non-hydrogen) atoms. The number of ether oxygens (including phenoxy) is 1. The first kappa shape index (κ1) is 15.5. The molecule has 0 aromatic heterocycles. The average molecular weight is 275 g/mol. The number of nitrogens with one attached hydrogen (secondary N) is 1. The SMILES string of the molecule is CC(C)c1ccc(C2CNC(C(C)(C)C)CCO2)cc1. The Balaban J connectivity index is 2.03. The van der Waals surface area contributed by atoms with Crippen LogP contribution in [0.15, 0.2) is 24.3 Å². The predicted octanol–water partition coefficient (Wildman–Crippen LogP) is 4.28. The summed E-state index contributed by atoms with van der Waals surface area (Å²) in [5, 5.41) is 3.68. The quantitative estimate of drug-likeness (QED) is 0.870. The Hall–Kier alpha value is -0.860. The smallest absolute Gasteiger partial charge is 0.0949 e. The maximum Gasteiger partial charge on any atom is 0.0949 e. The molecule has 2 heteroatoms. The van der Waals surface area contributed by atoms with Crippen LogP contribution in [-0.4, -0.2) is 19.2 Å². The number of benzene rings is 1. The van der Waals surface area contributed by atoms with E-state index in [9.17, 15) is 0 Å². The fraction of sp³-hybridized carbons (Fsp3) is 0.667. The molecule has 1 saturated heterocycles. The van der Waals surface area contributed by atoms with E-state index in [-0.39, 0.29) is 6.10 Å². The van der Waals surface area contributed by atoms with E-state index >= 15 is 0 Å². The molecule has 1 N–H and O–H groups in total. The normalized spacial score (nSPS) is 24.7. The minimum Gasteiger partial charge on any atom is -0.372 e. The van der Waals surface area contributed by atoms with Crippen molar-refractivity contribution in [1.29, 1.82) is 0 Å². The van der Waals surface area contributed by atoms with Crippen molar-refractivity contribution in [3.63, 3.8) is 0 Å². The average Bonchev–Trinajstić information content (AvgIpc) is 2.64. The van der Waals surface area contributed by atoms with Crippen molar-refractivity contribution in [1.82, 2.24) is 5.32 Å². The van der Waals surface area contributed by atoms with Gasteiger partial charge in [-0.2, -0.15) is 0 Å². The first-order valence-corrected chi connectivity index (χ1v) is 7.83. The van der Waals surface area contributed by atoms with Crippen LogP contribution in [0.3, 0.4) is 0 Å². The van der Waals surface area contributed by atoms with Crippen molar-refractivity contribution in [2.75, 3.05) is 13.2 Å². The van der Waals surface area contributed by atoms with E-state index in [4.69, 9.17) is 4.74 Å². The molecule has 0 saturated carbocycles. The number of rotatable bonds is 2. The highest BCUT2D eigenvalue weighted by Gasteiger charge is 2.28. The van der Waals surface area contributed by atoms with Gasteiger partial charge in [-0.3, -0.25) is 0 Å². The van der Waals surface area contributed by atoms with Gasteiger partial charge in [0.05, 0.1) is 6.10 Å². The van der Waals surface area contributed by atoms with E-state index in [1.54, 1.807) is 0 Å². The van der Waals surface area contributed by atoms with Gasteiger partial charge < -0.3 is 10.1 Å². The maximum absolute atomic E-state index is 6.05. The van der Waals surface area contributed by atoms with Crippen molar-refractivity contribution >= 4 is 0 Å². The summed E-state index contributed by atoms with van der Waals surface area (Å²) < 4.78 is 6.05. The predicted molar refractivity (Wildman–Crippen MR) is 85.1 cm³/mol. The largest absolute Gasteiger partial charge is 0.372 e. The summed E-state index contributed by atoms with van der Waals surface area (Å²) in [7, 11) is 0. The molecule has 2 nitrogen and oxygen atoms in total. The Morgan fingerprint density at radius 3 is 2.35 bits per heavy atom. The molecule has 112 valence electrons. The van der Waals surface area contributed by atoms with Crippen LogP contribution in [0.25, 0.3) is 0 Å². The third-order valence-electron chi connectivity index (χ3n) is 4.30. The van der Waals surface area contributed by atoms with E-state index in [0.29, 0.717) is 17.4 Å². The second-order valence-electron chi connectivity index (χ2n) is 7.30. The van der Waals surface area contributed by atoms with Gasteiger partial charge in [0, 0.05) is 19.2 Å². The molecule has 2 unspecified atom stereocenters. The molecule has 0 aliphatic carbocycles. The molecular formula is C18H29NO. The molecule has 2 atom stereocenters. The van der Waals surface area contributed by atoms with Crippen LogP contribution >= 0.6 is 0 Å². The highest BCUT2D eigenvalue weighted by molar-refractivity contribution is 5.26. The molecule has 1 heterocycles. The van der Waals surface area contributed by atoms with Crippen molar-refractivity contribution in [3.05, 3.63) is 35.4 Å². The molecule has 0 amide bonds. The fourth-order valence-electron chi connectivity index (χ4n) is 2.79. The highest BCUT2D eigenvalue weighted by Crippen LogP contribution is 2.27. The lowest BCUT2D eigenvalue weighted by Crippen LogP contribution is -2.40. The number of hydrogen-bond acceptors (Lipinski definition) is 2. The Labute approximate surface area is 123 Å². The molecule has 2 rings (SSSR count). The van der Waals surface area contributed by atoms with Crippen LogP contribution in [0.1, 0.15) is 64.2 Å². The number of hydrogen-bond donors (Lipinski definition) is 1. The molecule has 1 aromatic rings.